The summed E-state index contributed by atoms with van der Waals surface area (Å²) in [4.78, 5) is 39.0. The summed E-state index contributed by atoms with van der Waals surface area (Å²) in [5, 5.41) is 20.5. The van der Waals surface area contributed by atoms with Crippen molar-refractivity contribution < 1.29 is 9.90 Å². The lowest BCUT2D eigenvalue weighted by atomic mass is 10.0. The minimum Gasteiger partial charge on any atom is -0.494 e. The van der Waals surface area contributed by atoms with E-state index in [4.69, 9.17) is 0 Å². The normalized spacial score (nSPS) is 13.0. The SMILES string of the molecule is O=C(Nc1ccc(C2=C(c3ccccc3)CN=N2)cc1)c1c(O)[nH]c(=O)[nH]c1=O. The van der Waals surface area contributed by atoms with Crippen LogP contribution in [0.15, 0.2) is 74.4 Å². The van der Waals surface area contributed by atoms with Crippen LogP contribution in [0.2, 0.25) is 0 Å². The van der Waals surface area contributed by atoms with Crippen LogP contribution in [0.5, 0.6) is 5.88 Å². The van der Waals surface area contributed by atoms with Crippen LogP contribution in [0, 0.1) is 0 Å². The van der Waals surface area contributed by atoms with Gasteiger partial charge in [-0.25, -0.2) is 4.79 Å². The smallest absolute Gasteiger partial charge is 0.328 e. The molecule has 0 saturated carbocycles. The number of anilines is 1. The number of amides is 1. The Morgan fingerprint density at radius 2 is 1.69 bits per heavy atom. The summed E-state index contributed by atoms with van der Waals surface area (Å²) in [5.74, 6) is -1.64. The summed E-state index contributed by atoms with van der Waals surface area (Å²) in [6.45, 7) is 0.492. The van der Waals surface area contributed by atoms with E-state index in [1.807, 2.05) is 40.3 Å². The zero-order valence-corrected chi connectivity index (χ0v) is 15.0. The molecule has 0 fully saturated rings. The number of carbonyl (C=O) groups excluding carboxylic acids is 1. The van der Waals surface area contributed by atoms with Gasteiger partial charge in [0.2, 0.25) is 5.88 Å². The third-order valence-corrected chi connectivity index (χ3v) is 4.37. The predicted octanol–water partition coefficient (Wildman–Crippen LogP) is 2.36. The molecule has 1 aliphatic heterocycles. The first-order chi connectivity index (χ1) is 14.0. The number of aromatic hydroxyl groups is 1. The molecule has 9 heteroatoms. The second kappa shape index (κ2) is 7.39. The molecule has 0 bridgehead atoms. The zero-order chi connectivity index (χ0) is 20.4. The Bertz CT molecular complexity index is 1250. The van der Waals surface area contributed by atoms with Crippen molar-refractivity contribution >= 4 is 22.9 Å². The zero-order valence-electron chi connectivity index (χ0n) is 15.0. The van der Waals surface area contributed by atoms with Gasteiger partial charge in [-0.15, -0.1) is 0 Å². The third kappa shape index (κ3) is 3.61. The van der Waals surface area contributed by atoms with Crippen molar-refractivity contribution in [2.24, 2.45) is 10.2 Å². The maximum atomic E-state index is 12.3. The molecule has 0 aliphatic carbocycles. The van der Waals surface area contributed by atoms with Gasteiger partial charge in [-0.2, -0.15) is 10.2 Å². The van der Waals surface area contributed by atoms with Crippen LogP contribution in [0.4, 0.5) is 5.69 Å². The fourth-order valence-electron chi connectivity index (χ4n) is 3.00. The number of aromatic nitrogens is 2. The van der Waals surface area contributed by atoms with Crippen molar-refractivity contribution in [3.05, 3.63) is 92.1 Å². The van der Waals surface area contributed by atoms with Gasteiger partial charge in [-0.1, -0.05) is 42.5 Å². The lowest BCUT2D eigenvalue weighted by molar-refractivity contribution is 0.102. The fourth-order valence-corrected chi connectivity index (χ4v) is 3.00. The number of nitrogens with one attached hydrogen (secondary N) is 3. The predicted molar refractivity (Wildman–Crippen MR) is 107 cm³/mol. The second-order valence-corrected chi connectivity index (χ2v) is 6.26. The lowest BCUT2D eigenvalue weighted by Gasteiger charge is -2.08. The quantitative estimate of drug-likeness (QED) is 0.544. The number of hydrogen-bond donors (Lipinski definition) is 4. The average molecular weight is 389 g/mol. The molecule has 2 heterocycles. The topological polar surface area (TPSA) is 140 Å². The molecular weight excluding hydrogens is 374 g/mol. The number of carbonyl (C=O) groups is 1. The molecule has 4 rings (SSSR count). The first-order valence-corrected chi connectivity index (χ1v) is 8.66. The van der Waals surface area contributed by atoms with E-state index in [1.165, 1.54) is 0 Å². The van der Waals surface area contributed by atoms with Gasteiger partial charge >= 0.3 is 5.69 Å². The molecule has 29 heavy (non-hydrogen) atoms. The molecule has 0 unspecified atom stereocenters. The van der Waals surface area contributed by atoms with Crippen LogP contribution >= 0.6 is 0 Å². The maximum absolute atomic E-state index is 12.3. The van der Waals surface area contributed by atoms with Crippen LogP contribution in [-0.4, -0.2) is 27.5 Å². The highest BCUT2D eigenvalue weighted by atomic mass is 16.3. The Hall–Kier alpha value is -4.27. The van der Waals surface area contributed by atoms with Gasteiger partial charge < -0.3 is 10.4 Å². The first kappa shape index (κ1) is 18.1. The summed E-state index contributed by atoms with van der Waals surface area (Å²) in [5.41, 5.74) is 1.57. The molecule has 1 aliphatic rings. The molecule has 4 N–H and O–H groups in total. The van der Waals surface area contributed by atoms with Crippen LogP contribution in [0.3, 0.4) is 0 Å². The number of aromatic amines is 2. The molecule has 0 saturated heterocycles. The molecule has 2 aromatic carbocycles. The highest BCUT2D eigenvalue weighted by Gasteiger charge is 2.19. The van der Waals surface area contributed by atoms with Crippen LogP contribution in [0.25, 0.3) is 11.3 Å². The van der Waals surface area contributed by atoms with Gasteiger partial charge in [0.05, 0.1) is 12.2 Å². The van der Waals surface area contributed by atoms with Gasteiger partial charge in [-0.05, 0) is 17.7 Å². The number of rotatable bonds is 4. The lowest BCUT2D eigenvalue weighted by Crippen LogP contribution is -2.30. The van der Waals surface area contributed by atoms with E-state index in [2.05, 4.69) is 15.5 Å². The van der Waals surface area contributed by atoms with Gasteiger partial charge in [-0.3, -0.25) is 19.6 Å². The Morgan fingerprint density at radius 1 is 0.966 bits per heavy atom. The minimum atomic E-state index is -0.982. The Kier molecular flexibility index (Phi) is 4.62. The van der Waals surface area contributed by atoms with Gasteiger partial charge in [0.1, 0.15) is 0 Å². The van der Waals surface area contributed by atoms with E-state index in [1.54, 1.807) is 24.3 Å². The molecule has 0 spiro atoms. The van der Waals surface area contributed by atoms with E-state index in [-0.39, 0.29) is 0 Å². The first-order valence-electron chi connectivity index (χ1n) is 8.66. The summed E-state index contributed by atoms with van der Waals surface area (Å²) in [6, 6.07) is 16.7. The van der Waals surface area contributed by atoms with E-state index < -0.39 is 28.6 Å². The Labute approximate surface area is 163 Å². The summed E-state index contributed by atoms with van der Waals surface area (Å²) >= 11 is 0. The second-order valence-electron chi connectivity index (χ2n) is 6.26. The van der Waals surface area contributed by atoms with E-state index >= 15 is 0 Å². The minimum absolute atomic E-state index is 0.403. The van der Waals surface area contributed by atoms with Gasteiger partial charge in [0.25, 0.3) is 11.5 Å². The molecule has 1 amide bonds. The van der Waals surface area contributed by atoms with E-state index in [9.17, 15) is 19.5 Å². The summed E-state index contributed by atoms with van der Waals surface area (Å²) < 4.78 is 0. The Balaban J connectivity index is 1.59. The third-order valence-electron chi connectivity index (χ3n) is 4.37. The van der Waals surface area contributed by atoms with Crippen molar-refractivity contribution in [2.45, 2.75) is 0 Å². The van der Waals surface area contributed by atoms with Crippen molar-refractivity contribution in [1.29, 1.82) is 0 Å². The maximum Gasteiger partial charge on any atom is 0.328 e. The van der Waals surface area contributed by atoms with Crippen molar-refractivity contribution in [1.82, 2.24) is 9.97 Å². The number of benzene rings is 2. The number of nitrogens with zero attached hydrogens (tertiary/aromatic N) is 2. The molecular formula is C20H15N5O4. The van der Waals surface area contributed by atoms with E-state index in [0.29, 0.717) is 12.2 Å². The number of hydrogen-bond acceptors (Lipinski definition) is 6. The Morgan fingerprint density at radius 3 is 2.38 bits per heavy atom. The molecule has 1 aromatic heterocycles. The van der Waals surface area contributed by atoms with Crippen LogP contribution in [-0.2, 0) is 0 Å². The van der Waals surface area contributed by atoms with Crippen LogP contribution < -0.4 is 16.6 Å². The summed E-state index contributed by atoms with van der Waals surface area (Å²) in [6.07, 6.45) is 0. The van der Waals surface area contributed by atoms with Crippen molar-refractivity contribution in [3.8, 4) is 5.88 Å². The highest BCUT2D eigenvalue weighted by Crippen LogP contribution is 2.32. The molecule has 0 radical (unpaired) electrons. The fraction of sp³-hybridized carbons (Fsp3) is 0.0500. The standard InChI is InChI=1S/C20H15N5O4/c26-17(15-18(27)23-20(29)24-19(15)28)22-13-8-6-12(7-9-13)16-14(10-21-25-16)11-4-2-1-3-5-11/h1-9H,10H2,(H,22,26)(H3,23,24,27,28,29). The van der Waals surface area contributed by atoms with Crippen LogP contribution in [0.1, 0.15) is 21.5 Å². The highest BCUT2D eigenvalue weighted by molar-refractivity contribution is 6.05. The molecule has 3 aromatic rings. The average Bonchev–Trinajstić information content (AvgIpc) is 3.18. The largest absolute Gasteiger partial charge is 0.494 e. The van der Waals surface area contributed by atoms with Gasteiger partial charge in [0, 0.05) is 16.8 Å². The molecule has 0 atom stereocenters. The molecule has 9 nitrogen and oxygen atoms in total. The van der Waals surface area contributed by atoms with Crippen molar-refractivity contribution in [2.75, 3.05) is 11.9 Å². The van der Waals surface area contributed by atoms with E-state index in [0.717, 1.165) is 22.4 Å². The number of azo groups is 1. The molecule has 144 valence electrons. The summed E-state index contributed by atoms with van der Waals surface area (Å²) in [7, 11) is 0. The van der Waals surface area contributed by atoms with Crippen molar-refractivity contribution in [3.63, 3.8) is 0 Å². The number of H-pyrrole nitrogens is 2. The monoisotopic (exact) mass is 389 g/mol. The van der Waals surface area contributed by atoms with Gasteiger partial charge in [0.15, 0.2) is 5.56 Å².